The van der Waals surface area contributed by atoms with Gasteiger partial charge in [0.15, 0.2) is 0 Å². The zero-order valence-corrected chi connectivity index (χ0v) is 11.2. The topological polar surface area (TPSA) is 15.3 Å². The summed E-state index contributed by atoms with van der Waals surface area (Å²) in [4.78, 5) is 2.85. The van der Waals surface area contributed by atoms with Crippen LogP contribution in [0.1, 0.15) is 51.4 Å². The van der Waals surface area contributed by atoms with E-state index in [0.717, 1.165) is 17.9 Å². The Kier molecular flexibility index (Phi) is 4.02. The van der Waals surface area contributed by atoms with Crippen molar-refractivity contribution in [2.75, 3.05) is 26.2 Å². The van der Waals surface area contributed by atoms with Crippen molar-refractivity contribution >= 4 is 0 Å². The molecule has 0 aromatic carbocycles. The van der Waals surface area contributed by atoms with E-state index in [4.69, 9.17) is 0 Å². The molecule has 0 aromatic heterocycles. The van der Waals surface area contributed by atoms with E-state index in [9.17, 15) is 0 Å². The molecule has 2 nitrogen and oxygen atoms in total. The lowest BCUT2D eigenvalue weighted by atomic mass is 9.90. The maximum atomic E-state index is 3.60. The van der Waals surface area contributed by atoms with E-state index in [1.807, 2.05) is 0 Å². The minimum atomic E-state index is 0.920. The molecule has 1 N–H and O–H groups in total. The summed E-state index contributed by atoms with van der Waals surface area (Å²) in [6.07, 6.45) is 11.8. The summed E-state index contributed by atoms with van der Waals surface area (Å²) in [5.41, 5.74) is 0. The predicted molar refractivity (Wildman–Crippen MR) is 72.1 cm³/mol. The van der Waals surface area contributed by atoms with Crippen LogP contribution in [0.4, 0.5) is 0 Å². The Balaban J connectivity index is 1.54. The van der Waals surface area contributed by atoms with E-state index in [0.29, 0.717) is 0 Å². The van der Waals surface area contributed by atoms with Crippen molar-refractivity contribution in [3.8, 4) is 0 Å². The number of hydrogen-bond donors (Lipinski definition) is 1. The molecule has 17 heavy (non-hydrogen) atoms. The van der Waals surface area contributed by atoms with E-state index < -0.39 is 0 Å². The van der Waals surface area contributed by atoms with Crippen molar-refractivity contribution in [2.24, 2.45) is 11.8 Å². The molecule has 2 heterocycles. The fourth-order valence-corrected chi connectivity index (χ4v) is 4.34. The van der Waals surface area contributed by atoms with Gasteiger partial charge in [0.05, 0.1) is 0 Å². The average Bonchev–Trinajstić information content (AvgIpc) is 3.02. The monoisotopic (exact) mass is 236 g/mol. The molecule has 1 saturated carbocycles. The first-order chi connectivity index (χ1) is 8.43. The van der Waals surface area contributed by atoms with Crippen LogP contribution in [0, 0.1) is 11.8 Å². The van der Waals surface area contributed by atoms with Crippen molar-refractivity contribution in [2.45, 2.75) is 57.4 Å². The third kappa shape index (κ3) is 2.85. The van der Waals surface area contributed by atoms with Gasteiger partial charge in [-0.25, -0.2) is 0 Å². The number of nitrogens with zero attached hydrogens (tertiary/aromatic N) is 1. The van der Waals surface area contributed by atoms with Gasteiger partial charge in [0.2, 0.25) is 0 Å². The fourth-order valence-electron chi connectivity index (χ4n) is 4.34. The van der Waals surface area contributed by atoms with Crippen LogP contribution in [-0.4, -0.2) is 37.1 Å². The lowest BCUT2D eigenvalue weighted by Gasteiger charge is -2.35. The second-order valence-electron chi connectivity index (χ2n) is 6.46. The van der Waals surface area contributed by atoms with Crippen molar-refractivity contribution < 1.29 is 0 Å². The van der Waals surface area contributed by atoms with Gasteiger partial charge in [0.1, 0.15) is 0 Å². The van der Waals surface area contributed by atoms with Crippen molar-refractivity contribution in [3.63, 3.8) is 0 Å². The van der Waals surface area contributed by atoms with E-state index in [1.54, 1.807) is 0 Å². The van der Waals surface area contributed by atoms with Crippen molar-refractivity contribution in [1.29, 1.82) is 0 Å². The number of rotatable bonds is 3. The van der Waals surface area contributed by atoms with Crippen LogP contribution in [0.3, 0.4) is 0 Å². The summed E-state index contributed by atoms with van der Waals surface area (Å²) in [5.74, 6) is 1.99. The summed E-state index contributed by atoms with van der Waals surface area (Å²) in [6, 6.07) is 0.920. The second-order valence-corrected chi connectivity index (χ2v) is 6.46. The summed E-state index contributed by atoms with van der Waals surface area (Å²) in [5, 5.41) is 3.60. The Morgan fingerprint density at radius 3 is 2.59 bits per heavy atom. The van der Waals surface area contributed by atoms with Gasteiger partial charge in [-0.2, -0.15) is 0 Å². The van der Waals surface area contributed by atoms with Gasteiger partial charge >= 0.3 is 0 Å². The maximum Gasteiger partial charge on any atom is 0.0136 e. The quantitative estimate of drug-likeness (QED) is 0.810. The molecule has 0 bridgehead atoms. The van der Waals surface area contributed by atoms with Gasteiger partial charge < -0.3 is 5.32 Å². The van der Waals surface area contributed by atoms with Crippen LogP contribution in [-0.2, 0) is 0 Å². The van der Waals surface area contributed by atoms with Gasteiger partial charge in [-0.15, -0.1) is 0 Å². The largest absolute Gasteiger partial charge is 0.316 e. The molecule has 2 saturated heterocycles. The van der Waals surface area contributed by atoms with Crippen LogP contribution in [0.5, 0.6) is 0 Å². The molecule has 1 aliphatic carbocycles. The van der Waals surface area contributed by atoms with Gasteiger partial charge in [0.25, 0.3) is 0 Å². The summed E-state index contributed by atoms with van der Waals surface area (Å²) >= 11 is 0. The second kappa shape index (κ2) is 5.71. The Bertz CT molecular complexity index is 229. The van der Waals surface area contributed by atoms with E-state index in [-0.39, 0.29) is 0 Å². The zero-order valence-electron chi connectivity index (χ0n) is 11.2. The minimum Gasteiger partial charge on any atom is -0.316 e. The Labute approximate surface area is 106 Å². The Hall–Kier alpha value is -0.0800. The molecule has 2 heteroatoms. The van der Waals surface area contributed by atoms with Crippen LogP contribution in [0.15, 0.2) is 0 Å². The van der Waals surface area contributed by atoms with E-state index in [1.165, 1.54) is 77.5 Å². The Morgan fingerprint density at radius 2 is 1.82 bits per heavy atom. The van der Waals surface area contributed by atoms with Gasteiger partial charge in [-0.1, -0.05) is 12.8 Å². The summed E-state index contributed by atoms with van der Waals surface area (Å²) in [7, 11) is 0. The van der Waals surface area contributed by atoms with E-state index >= 15 is 0 Å². The first-order valence-electron chi connectivity index (χ1n) is 7.88. The molecule has 3 fully saturated rings. The number of likely N-dealkylation sites (tertiary alicyclic amines) is 1. The minimum absolute atomic E-state index is 0.920. The summed E-state index contributed by atoms with van der Waals surface area (Å²) < 4.78 is 0. The highest BCUT2D eigenvalue weighted by molar-refractivity contribution is 4.89. The SMILES string of the molecule is C1CCC(CN2CCCC2C2CCCNC2)C1. The molecule has 0 amide bonds. The van der Waals surface area contributed by atoms with Gasteiger partial charge in [0, 0.05) is 12.6 Å². The molecule has 2 unspecified atom stereocenters. The molecule has 2 aliphatic heterocycles. The molecule has 0 spiro atoms. The first-order valence-corrected chi connectivity index (χ1v) is 7.88. The number of nitrogens with one attached hydrogen (secondary N) is 1. The first kappa shape index (κ1) is 12.0. The molecule has 0 radical (unpaired) electrons. The van der Waals surface area contributed by atoms with Crippen LogP contribution >= 0.6 is 0 Å². The number of hydrogen-bond acceptors (Lipinski definition) is 2. The van der Waals surface area contributed by atoms with Gasteiger partial charge in [-0.05, 0) is 70.0 Å². The van der Waals surface area contributed by atoms with Crippen LogP contribution in [0.2, 0.25) is 0 Å². The maximum absolute atomic E-state index is 3.60. The van der Waals surface area contributed by atoms with E-state index in [2.05, 4.69) is 10.2 Å². The fraction of sp³-hybridized carbons (Fsp3) is 1.00. The third-order valence-electron chi connectivity index (χ3n) is 5.26. The molecular weight excluding hydrogens is 208 g/mol. The smallest absolute Gasteiger partial charge is 0.0136 e. The molecule has 3 aliphatic rings. The average molecular weight is 236 g/mol. The molecule has 3 rings (SSSR count). The highest BCUT2D eigenvalue weighted by Crippen LogP contribution is 2.32. The molecule has 98 valence electrons. The van der Waals surface area contributed by atoms with Gasteiger partial charge in [-0.3, -0.25) is 4.90 Å². The summed E-state index contributed by atoms with van der Waals surface area (Å²) in [6.45, 7) is 5.34. The highest BCUT2D eigenvalue weighted by Gasteiger charge is 2.33. The van der Waals surface area contributed by atoms with Crippen molar-refractivity contribution in [3.05, 3.63) is 0 Å². The third-order valence-corrected chi connectivity index (χ3v) is 5.26. The highest BCUT2D eigenvalue weighted by atomic mass is 15.2. The number of piperidine rings is 1. The van der Waals surface area contributed by atoms with Crippen LogP contribution in [0.25, 0.3) is 0 Å². The molecule has 2 atom stereocenters. The standard InChI is InChI=1S/C15H28N2/c1-2-6-13(5-1)12-17-10-4-8-15(17)14-7-3-9-16-11-14/h13-16H,1-12H2. The van der Waals surface area contributed by atoms with Crippen LogP contribution < -0.4 is 5.32 Å². The predicted octanol–water partition coefficient (Wildman–Crippen LogP) is 2.64. The lowest BCUT2D eigenvalue weighted by molar-refractivity contribution is 0.146. The zero-order chi connectivity index (χ0) is 11.5. The molecule has 0 aromatic rings. The van der Waals surface area contributed by atoms with Crippen molar-refractivity contribution in [1.82, 2.24) is 10.2 Å². The molecular formula is C15H28N2. The Morgan fingerprint density at radius 1 is 0.941 bits per heavy atom. The normalized spacial score (nSPS) is 36.7. The lowest BCUT2D eigenvalue weighted by Crippen LogP contribution is -2.44.